The summed E-state index contributed by atoms with van der Waals surface area (Å²) in [6.45, 7) is 1.36. The number of carbonyl (C=O) groups is 3. The number of methoxy groups -OCH3 is 2. The third-order valence-corrected chi connectivity index (χ3v) is 5.26. The van der Waals surface area contributed by atoms with Crippen molar-refractivity contribution in [2.24, 2.45) is 0 Å². The summed E-state index contributed by atoms with van der Waals surface area (Å²) in [5.41, 5.74) is -0.0867. The Morgan fingerprint density at radius 3 is 2.50 bits per heavy atom. The molecule has 2 aromatic rings. The number of nitrogens with zero attached hydrogens (tertiary/aromatic N) is 1. The van der Waals surface area contributed by atoms with Crippen LogP contribution in [-0.4, -0.2) is 43.5 Å². The Balaban J connectivity index is 1.66. The number of urea groups is 1. The van der Waals surface area contributed by atoms with E-state index in [1.54, 1.807) is 49.4 Å². The third-order valence-electron chi connectivity index (χ3n) is 4.93. The number of hydrogen-bond donors (Lipinski definition) is 2. The van der Waals surface area contributed by atoms with Crippen LogP contribution in [-0.2, 0) is 21.7 Å². The summed E-state index contributed by atoms with van der Waals surface area (Å²) in [6.07, 6.45) is 0. The van der Waals surface area contributed by atoms with Crippen LogP contribution in [0.25, 0.3) is 0 Å². The molecule has 4 amide bonds. The Morgan fingerprint density at radius 2 is 1.83 bits per heavy atom. The average Bonchev–Trinajstić information content (AvgIpc) is 2.96. The Labute approximate surface area is 179 Å². The zero-order chi connectivity index (χ0) is 21.9. The van der Waals surface area contributed by atoms with Crippen LogP contribution in [0.2, 0.25) is 5.02 Å². The van der Waals surface area contributed by atoms with Crippen LogP contribution in [0.4, 0.5) is 4.79 Å². The van der Waals surface area contributed by atoms with Crippen molar-refractivity contribution >= 4 is 29.4 Å². The predicted octanol–water partition coefficient (Wildman–Crippen LogP) is 2.44. The first-order valence-electron chi connectivity index (χ1n) is 9.17. The van der Waals surface area contributed by atoms with Gasteiger partial charge in [0.05, 0.1) is 14.2 Å². The number of benzene rings is 2. The molecule has 158 valence electrons. The molecule has 9 heteroatoms. The lowest BCUT2D eigenvalue weighted by molar-refractivity contribution is -0.134. The number of imide groups is 1. The molecule has 30 heavy (non-hydrogen) atoms. The number of ether oxygens (including phenoxy) is 2. The second-order valence-corrected chi connectivity index (χ2v) is 7.30. The molecule has 2 N–H and O–H groups in total. The highest BCUT2D eigenvalue weighted by Crippen LogP contribution is 2.33. The lowest BCUT2D eigenvalue weighted by atomic mass is 9.92. The van der Waals surface area contributed by atoms with E-state index in [4.69, 9.17) is 21.1 Å². The van der Waals surface area contributed by atoms with Crippen LogP contribution in [0.1, 0.15) is 18.1 Å². The predicted molar refractivity (Wildman–Crippen MR) is 110 cm³/mol. The molecule has 0 aromatic heterocycles. The average molecular weight is 432 g/mol. The highest BCUT2D eigenvalue weighted by molar-refractivity contribution is 6.32. The minimum atomic E-state index is -1.33. The maximum atomic E-state index is 12.9. The van der Waals surface area contributed by atoms with Gasteiger partial charge in [0.2, 0.25) is 5.91 Å². The van der Waals surface area contributed by atoms with E-state index in [0.29, 0.717) is 22.1 Å². The lowest BCUT2D eigenvalue weighted by Crippen LogP contribution is -2.43. The van der Waals surface area contributed by atoms with Gasteiger partial charge in [0.25, 0.3) is 5.91 Å². The summed E-state index contributed by atoms with van der Waals surface area (Å²) < 4.78 is 10.4. The van der Waals surface area contributed by atoms with Gasteiger partial charge in [-0.2, -0.15) is 0 Å². The minimum absolute atomic E-state index is 0.199. The van der Waals surface area contributed by atoms with Gasteiger partial charge in [-0.25, -0.2) is 4.79 Å². The number of amides is 4. The highest BCUT2D eigenvalue weighted by Gasteiger charge is 2.50. The van der Waals surface area contributed by atoms with Gasteiger partial charge in [-0.05, 0) is 30.7 Å². The zero-order valence-electron chi connectivity index (χ0n) is 16.8. The molecule has 8 nitrogen and oxygen atoms in total. The maximum Gasteiger partial charge on any atom is 0.325 e. The minimum Gasteiger partial charge on any atom is -0.493 e. The SMILES string of the molecule is COc1ccc(CNC(=O)CN2C(=O)N[C@@](C)(c3ccccc3Cl)C2=O)cc1OC. The van der Waals surface area contributed by atoms with E-state index in [0.717, 1.165) is 10.5 Å². The molecule has 0 unspecified atom stereocenters. The number of carbonyl (C=O) groups excluding carboxylic acids is 3. The molecule has 1 saturated heterocycles. The largest absolute Gasteiger partial charge is 0.493 e. The van der Waals surface area contributed by atoms with Crippen molar-refractivity contribution in [3.63, 3.8) is 0 Å². The molecule has 0 bridgehead atoms. The summed E-state index contributed by atoms with van der Waals surface area (Å²) >= 11 is 6.20. The highest BCUT2D eigenvalue weighted by atomic mass is 35.5. The van der Waals surface area contributed by atoms with E-state index in [2.05, 4.69) is 10.6 Å². The standard InChI is InChI=1S/C21H22ClN3O5/c1-21(14-6-4-5-7-15(14)22)19(27)25(20(28)24-21)12-18(26)23-11-13-8-9-16(29-2)17(10-13)30-3/h4-10H,11-12H2,1-3H3,(H,23,26)(H,24,28)/t21-/m0/s1. The lowest BCUT2D eigenvalue weighted by Gasteiger charge is -2.23. The van der Waals surface area contributed by atoms with Gasteiger partial charge in [-0.3, -0.25) is 14.5 Å². The van der Waals surface area contributed by atoms with Crippen molar-refractivity contribution in [1.29, 1.82) is 0 Å². The molecule has 0 saturated carbocycles. The van der Waals surface area contributed by atoms with Crippen LogP contribution in [0, 0.1) is 0 Å². The monoisotopic (exact) mass is 431 g/mol. The van der Waals surface area contributed by atoms with Crippen molar-refractivity contribution in [2.75, 3.05) is 20.8 Å². The number of rotatable bonds is 7. The van der Waals surface area contributed by atoms with Crippen LogP contribution in [0.15, 0.2) is 42.5 Å². The Hall–Kier alpha value is -3.26. The van der Waals surface area contributed by atoms with Gasteiger partial charge < -0.3 is 20.1 Å². The van der Waals surface area contributed by atoms with Crippen LogP contribution < -0.4 is 20.1 Å². The van der Waals surface area contributed by atoms with E-state index in [-0.39, 0.29) is 6.54 Å². The van der Waals surface area contributed by atoms with Crippen LogP contribution in [0.3, 0.4) is 0 Å². The third kappa shape index (κ3) is 4.04. The van der Waals surface area contributed by atoms with E-state index in [1.807, 2.05) is 0 Å². The van der Waals surface area contributed by atoms with Crippen molar-refractivity contribution in [2.45, 2.75) is 19.0 Å². The second-order valence-electron chi connectivity index (χ2n) is 6.89. The molecule has 1 heterocycles. The van der Waals surface area contributed by atoms with Crippen molar-refractivity contribution in [3.8, 4) is 11.5 Å². The first-order chi connectivity index (χ1) is 14.3. The molecule has 1 fully saturated rings. The first-order valence-corrected chi connectivity index (χ1v) is 9.54. The first kappa shape index (κ1) is 21.4. The van der Waals surface area contributed by atoms with E-state index in [1.165, 1.54) is 14.2 Å². The number of halogens is 1. The molecule has 0 radical (unpaired) electrons. The topological polar surface area (TPSA) is 97.0 Å². The number of nitrogens with one attached hydrogen (secondary N) is 2. The summed E-state index contributed by atoms with van der Waals surface area (Å²) in [7, 11) is 3.06. The van der Waals surface area contributed by atoms with Crippen LogP contribution in [0.5, 0.6) is 11.5 Å². The van der Waals surface area contributed by atoms with Crippen molar-refractivity contribution < 1.29 is 23.9 Å². The second kappa shape index (κ2) is 8.62. The summed E-state index contributed by atoms with van der Waals surface area (Å²) in [4.78, 5) is 38.6. The quantitative estimate of drug-likeness (QED) is 0.656. The molecule has 0 spiro atoms. The molecule has 1 aliphatic heterocycles. The van der Waals surface area contributed by atoms with E-state index in [9.17, 15) is 14.4 Å². The fourth-order valence-electron chi connectivity index (χ4n) is 3.28. The number of hydrogen-bond acceptors (Lipinski definition) is 5. The normalized spacial score (nSPS) is 18.2. The molecule has 1 atom stereocenters. The molecular formula is C21H22ClN3O5. The fraction of sp³-hybridized carbons (Fsp3) is 0.286. The Morgan fingerprint density at radius 1 is 1.13 bits per heavy atom. The molecule has 3 rings (SSSR count). The van der Waals surface area contributed by atoms with Gasteiger partial charge in [0, 0.05) is 17.1 Å². The molecule has 0 aliphatic carbocycles. The van der Waals surface area contributed by atoms with E-state index >= 15 is 0 Å². The summed E-state index contributed by atoms with van der Waals surface area (Å²) in [5.74, 6) is 0.0955. The van der Waals surface area contributed by atoms with Crippen molar-refractivity contribution in [1.82, 2.24) is 15.5 Å². The molecular weight excluding hydrogens is 410 g/mol. The molecule has 2 aromatic carbocycles. The van der Waals surface area contributed by atoms with E-state index < -0.39 is 29.9 Å². The Bertz CT molecular complexity index is 996. The van der Waals surface area contributed by atoms with Gasteiger partial charge in [0.15, 0.2) is 11.5 Å². The fourth-order valence-corrected chi connectivity index (χ4v) is 3.61. The van der Waals surface area contributed by atoms with Gasteiger partial charge in [-0.15, -0.1) is 0 Å². The van der Waals surface area contributed by atoms with Gasteiger partial charge in [0.1, 0.15) is 12.1 Å². The Kier molecular flexibility index (Phi) is 6.17. The smallest absolute Gasteiger partial charge is 0.325 e. The zero-order valence-corrected chi connectivity index (χ0v) is 17.6. The van der Waals surface area contributed by atoms with Gasteiger partial charge in [-0.1, -0.05) is 35.9 Å². The van der Waals surface area contributed by atoms with Crippen LogP contribution >= 0.6 is 11.6 Å². The van der Waals surface area contributed by atoms with Crippen molar-refractivity contribution in [3.05, 3.63) is 58.6 Å². The summed E-state index contributed by atoms with van der Waals surface area (Å²) in [6, 6.07) is 11.4. The summed E-state index contributed by atoms with van der Waals surface area (Å²) in [5, 5.41) is 5.69. The molecule has 1 aliphatic rings. The maximum absolute atomic E-state index is 12.9. The van der Waals surface area contributed by atoms with Gasteiger partial charge >= 0.3 is 6.03 Å².